The molecular formula is C24H20F4N4O4S. The Morgan fingerprint density at radius 2 is 1.86 bits per heavy atom. The van der Waals surface area contributed by atoms with Crippen LogP contribution in [0.4, 0.5) is 17.6 Å². The van der Waals surface area contributed by atoms with Crippen molar-refractivity contribution < 1.29 is 35.9 Å². The number of aliphatic hydroxyl groups excluding tert-OH is 1. The molecule has 0 spiro atoms. The number of carbonyl (C=O) groups is 1. The number of aromatic nitrogens is 3. The van der Waals surface area contributed by atoms with E-state index in [1.165, 1.54) is 13.0 Å². The Kier molecular flexibility index (Phi) is 7.28. The zero-order chi connectivity index (χ0) is 26.9. The molecule has 2 aromatic heterocycles. The second-order valence-electron chi connectivity index (χ2n) is 8.15. The highest BCUT2D eigenvalue weighted by atomic mass is 32.2. The summed E-state index contributed by atoms with van der Waals surface area (Å²) in [4.78, 5) is 15.5. The first kappa shape index (κ1) is 26.2. The minimum absolute atomic E-state index is 0.00428. The molecule has 3 N–H and O–H groups in total. The number of hydrogen-bond acceptors (Lipinski definition) is 6. The number of nitrogens with one attached hydrogen (secondary N) is 2. The molecule has 37 heavy (non-hydrogen) atoms. The maximum absolute atomic E-state index is 15.5. The Bertz CT molecular complexity index is 1620. The van der Waals surface area contributed by atoms with Gasteiger partial charge in [-0.2, -0.15) is 5.10 Å². The Hall–Kier alpha value is -3.84. The molecule has 2 heterocycles. The van der Waals surface area contributed by atoms with Crippen LogP contribution in [0.15, 0.2) is 41.4 Å². The Morgan fingerprint density at radius 3 is 2.59 bits per heavy atom. The Morgan fingerprint density at radius 1 is 1.11 bits per heavy atom. The first-order valence-electron chi connectivity index (χ1n) is 10.9. The van der Waals surface area contributed by atoms with E-state index in [2.05, 4.69) is 20.5 Å². The fourth-order valence-electron chi connectivity index (χ4n) is 3.82. The molecule has 194 valence electrons. The molecule has 0 bridgehead atoms. The summed E-state index contributed by atoms with van der Waals surface area (Å²) in [6.45, 7) is 1.36. The fraction of sp³-hybridized carbons (Fsp3) is 0.208. The monoisotopic (exact) mass is 536 g/mol. The van der Waals surface area contributed by atoms with E-state index in [0.29, 0.717) is 6.42 Å². The van der Waals surface area contributed by atoms with Crippen molar-refractivity contribution in [2.24, 2.45) is 0 Å². The number of pyridine rings is 1. The molecule has 0 aliphatic rings. The van der Waals surface area contributed by atoms with Gasteiger partial charge in [0.15, 0.2) is 15.7 Å². The van der Waals surface area contributed by atoms with Crippen molar-refractivity contribution in [2.45, 2.75) is 24.0 Å². The molecule has 0 aliphatic carbocycles. The van der Waals surface area contributed by atoms with Crippen molar-refractivity contribution in [1.29, 1.82) is 0 Å². The molecular weight excluding hydrogens is 516 g/mol. The topological polar surface area (TPSA) is 125 Å². The van der Waals surface area contributed by atoms with Crippen LogP contribution in [0.5, 0.6) is 0 Å². The number of amides is 1. The highest BCUT2D eigenvalue weighted by Gasteiger charge is 2.26. The van der Waals surface area contributed by atoms with E-state index in [-0.39, 0.29) is 35.4 Å². The number of aryl methyl sites for hydroxylation is 1. The standard InChI is InChI=1S/C24H20F4N4O4S/c1-12-18(9-14(25)10-30-12)37(35,36)11-13-3-6-17(26)19(20(13)27)15-4-5-16-22(21(15)28)31-32-23(16)24(34)29-7-2-8-33/h3-6,9-10,33H,2,7-8,11H2,1H3,(H,29,34)(H,31,32). The predicted molar refractivity (Wildman–Crippen MR) is 125 cm³/mol. The van der Waals surface area contributed by atoms with Crippen LogP contribution in [0.25, 0.3) is 22.0 Å². The first-order chi connectivity index (χ1) is 17.5. The molecule has 0 atom stereocenters. The minimum Gasteiger partial charge on any atom is -0.396 e. The zero-order valence-electron chi connectivity index (χ0n) is 19.3. The lowest BCUT2D eigenvalue weighted by Gasteiger charge is -2.12. The average molecular weight is 537 g/mol. The maximum Gasteiger partial charge on any atom is 0.269 e. The SMILES string of the molecule is Cc1ncc(F)cc1S(=O)(=O)Cc1ccc(F)c(-c2ccc3c(C(=O)NCCCO)[nH]nc3c2F)c1F. The number of halogens is 4. The van der Waals surface area contributed by atoms with E-state index >= 15 is 8.78 Å². The smallest absolute Gasteiger partial charge is 0.269 e. The molecule has 8 nitrogen and oxygen atoms in total. The van der Waals surface area contributed by atoms with Gasteiger partial charge in [-0.1, -0.05) is 12.1 Å². The van der Waals surface area contributed by atoms with Crippen LogP contribution in [0, 0.1) is 30.2 Å². The lowest BCUT2D eigenvalue weighted by Crippen LogP contribution is -2.25. The summed E-state index contributed by atoms with van der Waals surface area (Å²) >= 11 is 0. The predicted octanol–water partition coefficient (Wildman–Crippen LogP) is 3.58. The molecule has 1 amide bonds. The van der Waals surface area contributed by atoms with Crippen LogP contribution in [0.1, 0.15) is 28.2 Å². The summed E-state index contributed by atoms with van der Waals surface area (Å²) in [5, 5.41) is 17.5. The van der Waals surface area contributed by atoms with Crippen molar-refractivity contribution in [3.63, 3.8) is 0 Å². The number of fused-ring (bicyclic) bond motifs is 1. The Balaban J connectivity index is 1.74. The van der Waals surface area contributed by atoms with E-state index in [4.69, 9.17) is 5.11 Å². The van der Waals surface area contributed by atoms with Crippen molar-refractivity contribution in [3.8, 4) is 11.1 Å². The van der Waals surface area contributed by atoms with Crippen LogP contribution in [-0.2, 0) is 15.6 Å². The highest BCUT2D eigenvalue weighted by molar-refractivity contribution is 7.90. The summed E-state index contributed by atoms with van der Waals surface area (Å²) in [5.41, 5.74) is -2.27. The van der Waals surface area contributed by atoms with E-state index < -0.39 is 66.4 Å². The van der Waals surface area contributed by atoms with Crippen molar-refractivity contribution in [2.75, 3.05) is 13.2 Å². The number of benzene rings is 2. The van der Waals surface area contributed by atoms with Crippen molar-refractivity contribution in [1.82, 2.24) is 20.5 Å². The van der Waals surface area contributed by atoms with Crippen LogP contribution >= 0.6 is 0 Å². The Labute approximate surface area is 208 Å². The van der Waals surface area contributed by atoms with Gasteiger partial charge in [0.25, 0.3) is 5.91 Å². The highest BCUT2D eigenvalue weighted by Crippen LogP contribution is 2.35. The number of hydrogen-bond donors (Lipinski definition) is 3. The molecule has 0 radical (unpaired) electrons. The van der Waals surface area contributed by atoms with Gasteiger partial charge in [0.05, 0.1) is 28.1 Å². The third-order valence-electron chi connectivity index (χ3n) is 5.64. The third kappa shape index (κ3) is 5.04. The number of rotatable bonds is 8. The van der Waals surface area contributed by atoms with Gasteiger partial charge in [0.1, 0.15) is 28.7 Å². The molecule has 13 heteroatoms. The molecule has 0 unspecified atom stereocenters. The average Bonchev–Trinajstić information content (AvgIpc) is 3.29. The lowest BCUT2D eigenvalue weighted by molar-refractivity contribution is 0.0947. The minimum atomic E-state index is -4.30. The van der Waals surface area contributed by atoms with Gasteiger partial charge < -0.3 is 10.4 Å². The second kappa shape index (κ2) is 10.3. The molecule has 2 aromatic carbocycles. The van der Waals surface area contributed by atoms with Gasteiger partial charge in [-0.05, 0) is 31.5 Å². The lowest BCUT2D eigenvalue weighted by atomic mass is 9.99. The van der Waals surface area contributed by atoms with Gasteiger partial charge in [0.2, 0.25) is 0 Å². The summed E-state index contributed by atoms with van der Waals surface area (Å²) in [6, 6.07) is 4.77. The fourth-order valence-corrected chi connectivity index (χ4v) is 5.41. The quantitative estimate of drug-likeness (QED) is 0.234. The van der Waals surface area contributed by atoms with Gasteiger partial charge in [-0.3, -0.25) is 14.9 Å². The van der Waals surface area contributed by atoms with Gasteiger partial charge in [-0.15, -0.1) is 0 Å². The maximum atomic E-state index is 15.5. The van der Waals surface area contributed by atoms with Crippen molar-refractivity contribution >= 4 is 26.6 Å². The molecule has 4 rings (SSSR count). The van der Waals surface area contributed by atoms with Gasteiger partial charge in [-0.25, -0.2) is 26.0 Å². The van der Waals surface area contributed by atoms with Gasteiger partial charge >= 0.3 is 0 Å². The molecule has 0 fully saturated rings. The summed E-state index contributed by atoms with van der Waals surface area (Å²) in [5.74, 6) is -6.08. The third-order valence-corrected chi connectivity index (χ3v) is 7.42. The summed E-state index contributed by atoms with van der Waals surface area (Å²) in [6.07, 6.45) is 1.14. The molecule has 0 saturated heterocycles. The van der Waals surface area contributed by atoms with E-state index in [0.717, 1.165) is 30.5 Å². The zero-order valence-corrected chi connectivity index (χ0v) is 20.1. The molecule has 0 aliphatic heterocycles. The number of carbonyl (C=O) groups excluding carboxylic acids is 1. The number of aromatic amines is 1. The summed E-state index contributed by atoms with van der Waals surface area (Å²) in [7, 11) is -4.30. The first-order valence-corrected chi connectivity index (χ1v) is 12.6. The molecule has 4 aromatic rings. The van der Waals surface area contributed by atoms with E-state index in [9.17, 15) is 22.0 Å². The van der Waals surface area contributed by atoms with E-state index in [1.807, 2.05) is 0 Å². The number of sulfone groups is 1. The van der Waals surface area contributed by atoms with Crippen molar-refractivity contribution in [3.05, 3.63) is 76.7 Å². The number of H-pyrrole nitrogens is 1. The summed E-state index contributed by atoms with van der Waals surface area (Å²) < 4.78 is 84.9. The van der Waals surface area contributed by atoms with Gasteiger partial charge in [0, 0.05) is 29.7 Å². The van der Waals surface area contributed by atoms with Crippen LogP contribution in [-0.4, -0.2) is 47.8 Å². The largest absolute Gasteiger partial charge is 0.396 e. The molecule has 0 saturated carbocycles. The van der Waals surface area contributed by atoms with E-state index in [1.54, 1.807) is 0 Å². The van der Waals surface area contributed by atoms with Crippen LogP contribution < -0.4 is 5.32 Å². The van der Waals surface area contributed by atoms with Crippen LogP contribution in [0.2, 0.25) is 0 Å². The number of aliphatic hydroxyl groups is 1. The number of nitrogens with zero attached hydrogens (tertiary/aromatic N) is 2. The van der Waals surface area contributed by atoms with Crippen LogP contribution in [0.3, 0.4) is 0 Å². The second-order valence-corrected chi connectivity index (χ2v) is 10.1. The normalized spacial score (nSPS) is 11.7.